The molecule has 1 aromatic carbocycles. The Hall–Kier alpha value is -2.53. The van der Waals surface area contributed by atoms with E-state index in [0.717, 1.165) is 42.7 Å². The van der Waals surface area contributed by atoms with Crippen LogP contribution < -0.4 is 0 Å². The van der Waals surface area contributed by atoms with Gasteiger partial charge in [0.15, 0.2) is 0 Å². The van der Waals surface area contributed by atoms with Crippen molar-refractivity contribution in [3.63, 3.8) is 0 Å². The lowest BCUT2D eigenvalue weighted by atomic mass is 9.91. The van der Waals surface area contributed by atoms with Crippen LogP contribution in [0.3, 0.4) is 0 Å². The number of halogens is 3. The first kappa shape index (κ1) is 15.4. The Labute approximate surface area is 130 Å². The first-order valence-electron chi connectivity index (χ1n) is 7.20. The summed E-state index contributed by atoms with van der Waals surface area (Å²) in [6.07, 6.45) is -1.82. The third kappa shape index (κ3) is 3.14. The van der Waals surface area contributed by atoms with E-state index in [9.17, 15) is 13.2 Å². The minimum atomic E-state index is -4.35. The average Bonchev–Trinajstić information content (AvgIpc) is 2.54. The number of hydrogen-bond donors (Lipinski definition) is 0. The average molecular weight is 318 g/mol. The Kier molecular flexibility index (Phi) is 3.96. The number of aryl methyl sites for hydroxylation is 1. The van der Waals surface area contributed by atoms with Crippen molar-refractivity contribution >= 4 is 0 Å². The minimum absolute atomic E-state index is 0.307. The summed E-state index contributed by atoms with van der Waals surface area (Å²) < 4.78 is 37.9. The fourth-order valence-corrected chi connectivity index (χ4v) is 2.79. The van der Waals surface area contributed by atoms with Crippen molar-refractivity contribution < 1.29 is 13.2 Å². The molecule has 0 saturated carbocycles. The van der Waals surface area contributed by atoms with Crippen molar-refractivity contribution in [3.05, 3.63) is 63.7 Å². The molecule has 0 bridgehead atoms. The van der Waals surface area contributed by atoms with E-state index in [4.69, 9.17) is 5.53 Å². The van der Waals surface area contributed by atoms with Crippen LogP contribution in [-0.2, 0) is 12.6 Å². The first-order chi connectivity index (χ1) is 11.0. The van der Waals surface area contributed by atoms with Crippen molar-refractivity contribution in [3.8, 4) is 11.3 Å². The molecule has 1 heterocycles. The van der Waals surface area contributed by atoms with Crippen molar-refractivity contribution in [2.24, 2.45) is 5.11 Å². The third-order valence-electron chi connectivity index (χ3n) is 3.95. The van der Waals surface area contributed by atoms with Crippen LogP contribution in [0.1, 0.15) is 35.7 Å². The summed E-state index contributed by atoms with van der Waals surface area (Å²) in [4.78, 5) is 7.39. The SMILES string of the molecule is [N-]=[N+]=NC1CCCc2ccc(-c3ccc(C(F)(F)F)cc3)nc21. The summed E-state index contributed by atoms with van der Waals surface area (Å²) in [5.41, 5.74) is 10.9. The molecule has 1 aromatic heterocycles. The number of alkyl halides is 3. The van der Waals surface area contributed by atoms with Crippen LogP contribution >= 0.6 is 0 Å². The smallest absolute Gasteiger partial charge is 0.252 e. The predicted octanol–water partition coefficient (Wildman–Crippen LogP) is 5.46. The van der Waals surface area contributed by atoms with E-state index in [2.05, 4.69) is 15.0 Å². The number of hydrogen-bond acceptors (Lipinski definition) is 2. The van der Waals surface area contributed by atoms with E-state index >= 15 is 0 Å². The van der Waals surface area contributed by atoms with Gasteiger partial charge >= 0.3 is 6.18 Å². The van der Waals surface area contributed by atoms with Gasteiger partial charge in [0.1, 0.15) is 0 Å². The molecule has 0 spiro atoms. The molecule has 0 fully saturated rings. The van der Waals surface area contributed by atoms with E-state index < -0.39 is 11.7 Å². The van der Waals surface area contributed by atoms with Crippen LogP contribution in [0.2, 0.25) is 0 Å². The van der Waals surface area contributed by atoms with E-state index in [-0.39, 0.29) is 6.04 Å². The van der Waals surface area contributed by atoms with Crippen molar-refractivity contribution in [1.82, 2.24) is 4.98 Å². The molecule has 2 aromatic rings. The number of fused-ring (bicyclic) bond motifs is 1. The second kappa shape index (κ2) is 5.93. The maximum Gasteiger partial charge on any atom is 0.416 e. The van der Waals surface area contributed by atoms with Gasteiger partial charge in [0.2, 0.25) is 0 Å². The maximum absolute atomic E-state index is 12.6. The first-order valence-corrected chi connectivity index (χ1v) is 7.20. The molecule has 7 heteroatoms. The van der Waals surface area contributed by atoms with Crippen LogP contribution in [-0.4, -0.2) is 4.98 Å². The minimum Gasteiger partial charge on any atom is -0.252 e. The Bertz CT molecular complexity index is 762. The van der Waals surface area contributed by atoms with Gasteiger partial charge in [-0.3, -0.25) is 4.98 Å². The summed E-state index contributed by atoms with van der Waals surface area (Å²) in [5.74, 6) is 0. The zero-order chi connectivity index (χ0) is 16.4. The Balaban J connectivity index is 1.98. The fourth-order valence-electron chi connectivity index (χ4n) is 2.79. The molecule has 1 unspecified atom stereocenters. The molecule has 0 amide bonds. The van der Waals surface area contributed by atoms with Gasteiger partial charge in [-0.15, -0.1) is 0 Å². The molecule has 0 N–H and O–H groups in total. The highest BCUT2D eigenvalue weighted by Gasteiger charge is 2.30. The molecule has 0 aliphatic heterocycles. The quantitative estimate of drug-likeness (QED) is 0.412. The summed E-state index contributed by atoms with van der Waals surface area (Å²) in [5, 5.41) is 3.78. The standard InChI is InChI=1S/C16H13F3N4/c17-16(18,19)12-7-4-10(5-8-12)13-9-6-11-2-1-3-14(22-23-20)15(11)21-13/h4-9,14H,1-3H2. The second-order valence-electron chi connectivity index (χ2n) is 5.43. The highest BCUT2D eigenvalue weighted by Crippen LogP contribution is 2.34. The summed E-state index contributed by atoms with van der Waals surface area (Å²) in [6, 6.07) is 8.29. The lowest BCUT2D eigenvalue weighted by molar-refractivity contribution is -0.137. The number of benzene rings is 1. The van der Waals surface area contributed by atoms with Gasteiger partial charge in [-0.1, -0.05) is 23.3 Å². The highest BCUT2D eigenvalue weighted by molar-refractivity contribution is 5.60. The largest absolute Gasteiger partial charge is 0.416 e. The Morgan fingerprint density at radius 1 is 1.13 bits per heavy atom. The molecule has 1 aliphatic rings. The fraction of sp³-hybridized carbons (Fsp3) is 0.312. The molecule has 118 valence electrons. The van der Waals surface area contributed by atoms with E-state index in [0.29, 0.717) is 11.3 Å². The van der Waals surface area contributed by atoms with Gasteiger partial charge in [-0.2, -0.15) is 13.2 Å². The highest BCUT2D eigenvalue weighted by atomic mass is 19.4. The van der Waals surface area contributed by atoms with Gasteiger partial charge in [0.05, 0.1) is 23.0 Å². The van der Waals surface area contributed by atoms with Gasteiger partial charge in [0, 0.05) is 10.5 Å². The van der Waals surface area contributed by atoms with Crippen LogP contribution in [0.4, 0.5) is 13.2 Å². The molecule has 1 aliphatic carbocycles. The Morgan fingerprint density at radius 3 is 2.52 bits per heavy atom. The van der Waals surface area contributed by atoms with E-state index in [1.807, 2.05) is 6.07 Å². The van der Waals surface area contributed by atoms with Crippen molar-refractivity contribution in [2.45, 2.75) is 31.5 Å². The van der Waals surface area contributed by atoms with E-state index in [1.54, 1.807) is 6.07 Å². The zero-order valence-corrected chi connectivity index (χ0v) is 12.1. The number of pyridine rings is 1. The molecule has 1 atom stereocenters. The predicted molar refractivity (Wildman–Crippen MR) is 79.5 cm³/mol. The summed E-state index contributed by atoms with van der Waals surface area (Å²) in [7, 11) is 0. The van der Waals surface area contributed by atoms with Gasteiger partial charge in [-0.05, 0) is 48.6 Å². The molecule has 23 heavy (non-hydrogen) atoms. The number of nitrogens with zero attached hydrogens (tertiary/aromatic N) is 4. The molecule has 4 nitrogen and oxygen atoms in total. The van der Waals surface area contributed by atoms with E-state index in [1.165, 1.54) is 12.1 Å². The van der Waals surface area contributed by atoms with Crippen molar-refractivity contribution in [2.75, 3.05) is 0 Å². The lowest BCUT2D eigenvalue weighted by Crippen LogP contribution is -2.10. The normalized spacial score (nSPS) is 17.3. The van der Waals surface area contributed by atoms with Gasteiger partial charge < -0.3 is 0 Å². The van der Waals surface area contributed by atoms with Crippen LogP contribution in [0.5, 0.6) is 0 Å². The third-order valence-corrected chi connectivity index (χ3v) is 3.95. The molecule has 0 saturated heterocycles. The van der Waals surface area contributed by atoms with Crippen LogP contribution in [0.25, 0.3) is 21.7 Å². The van der Waals surface area contributed by atoms with Crippen LogP contribution in [0.15, 0.2) is 41.5 Å². The van der Waals surface area contributed by atoms with Crippen LogP contribution in [0, 0.1) is 0 Å². The zero-order valence-electron chi connectivity index (χ0n) is 12.1. The summed E-state index contributed by atoms with van der Waals surface area (Å²) in [6.45, 7) is 0. The molecular formula is C16H13F3N4. The lowest BCUT2D eigenvalue weighted by Gasteiger charge is -2.21. The Morgan fingerprint density at radius 2 is 1.87 bits per heavy atom. The molecule has 3 rings (SSSR count). The second-order valence-corrected chi connectivity index (χ2v) is 5.43. The number of rotatable bonds is 2. The number of azide groups is 1. The molecule has 0 radical (unpaired) electrons. The number of aromatic nitrogens is 1. The maximum atomic E-state index is 12.6. The van der Waals surface area contributed by atoms with Gasteiger partial charge in [-0.25, -0.2) is 0 Å². The molecular weight excluding hydrogens is 305 g/mol. The topological polar surface area (TPSA) is 61.7 Å². The van der Waals surface area contributed by atoms with Gasteiger partial charge in [0.25, 0.3) is 0 Å². The van der Waals surface area contributed by atoms with Crippen molar-refractivity contribution in [1.29, 1.82) is 0 Å². The monoisotopic (exact) mass is 318 g/mol. The summed E-state index contributed by atoms with van der Waals surface area (Å²) >= 11 is 0.